The fourth-order valence-corrected chi connectivity index (χ4v) is 4.72. The van der Waals surface area contributed by atoms with Gasteiger partial charge in [-0.25, -0.2) is 9.97 Å². The van der Waals surface area contributed by atoms with Crippen LogP contribution in [0.15, 0.2) is 97.3 Å². The van der Waals surface area contributed by atoms with E-state index in [0.717, 1.165) is 66.6 Å². The lowest BCUT2D eigenvalue weighted by molar-refractivity contribution is 0.0968. The van der Waals surface area contributed by atoms with Gasteiger partial charge in [-0.05, 0) is 66.9 Å². The summed E-state index contributed by atoms with van der Waals surface area (Å²) in [5, 5.41) is 0. The Labute approximate surface area is 204 Å². The van der Waals surface area contributed by atoms with Gasteiger partial charge in [0.2, 0.25) is 0 Å². The van der Waals surface area contributed by atoms with Gasteiger partial charge in [0.05, 0.1) is 0 Å². The molecule has 1 saturated heterocycles. The number of benzene rings is 2. The van der Waals surface area contributed by atoms with E-state index in [1.54, 1.807) is 12.4 Å². The van der Waals surface area contributed by atoms with Gasteiger partial charge in [-0.2, -0.15) is 0 Å². The van der Waals surface area contributed by atoms with Crippen LogP contribution >= 0.6 is 0 Å². The largest absolute Gasteiger partial charge is 0.490 e. The molecule has 6 nitrogen and oxygen atoms in total. The lowest BCUT2D eigenvalue weighted by Crippen LogP contribution is -2.37. The minimum Gasteiger partial charge on any atom is -0.490 e. The Hall–Kier alpha value is -4.03. The standard InChI is InChI=1S/C29H27N5O/c1-2-7-22(8-3-1)21-33-19-15-25(16-20-33)35-24-13-11-23(12-14-24)34-28-27(10-6-18-31-28)32-29(34)26-9-4-5-17-30-26/h1-14,17-18,25H,15-16,19-21H2. The van der Waals surface area contributed by atoms with Crippen LogP contribution in [0.2, 0.25) is 0 Å². The number of hydrogen-bond donors (Lipinski definition) is 0. The van der Waals surface area contributed by atoms with Crippen LogP contribution in [0.1, 0.15) is 18.4 Å². The highest BCUT2D eigenvalue weighted by Crippen LogP contribution is 2.28. The number of nitrogens with zero attached hydrogens (tertiary/aromatic N) is 5. The van der Waals surface area contributed by atoms with Crippen LogP contribution in [0.4, 0.5) is 0 Å². The first kappa shape index (κ1) is 21.5. The number of ether oxygens (including phenoxy) is 1. The summed E-state index contributed by atoms with van der Waals surface area (Å²) in [4.78, 5) is 16.4. The van der Waals surface area contributed by atoms with Gasteiger partial charge in [-0.1, -0.05) is 36.4 Å². The first-order valence-corrected chi connectivity index (χ1v) is 12.1. The minimum absolute atomic E-state index is 0.243. The van der Waals surface area contributed by atoms with Crippen molar-refractivity contribution in [1.29, 1.82) is 0 Å². The molecule has 0 spiro atoms. The van der Waals surface area contributed by atoms with E-state index in [9.17, 15) is 0 Å². The molecule has 0 N–H and O–H groups in total. The first-order chi connectivity index (χ1) is 17.3. The Morgan fingerprint density at radius 2 is 1.54 bits per heavy atom. The van der Waals surface area contributed by atoms with Crippen molar-refractivity contribution in [2.24, 2.45) is 0 Å². The normalized spacial score (nSPS) is 14.9. The molecule has 35 heavy (non-hydrogen) atoms. The van der Waals surface area contributed by atoms with Gasteiger partial charge in [-0.3, -0.25) is 14.5 Å². The molecular weight excluding hydrogens is 434 g/mol. The molecule has 6 heteroatoms. The second kappa shape index (κ2) is 9.68. The van der Waals surface area contributed by atoms with E-state index in [4.69, 9.17) is 9.72 Å². The van der Waals surface area contributed by atoms with Crippen LogP contribution in [0.25, 0.3) is 28.4 Å². The van der Waals surface area contributed by atoms with Crippen molar-refractivity contribution < 1.29 is 4.74 Å². The molecule has 1 fully saturated rings. The fraction of sp³-hybridized carbons (Fsp3) is 0.207. The molecule has 0 unspecified atom stereocenters. The third kappa shape index (κ3) is 4.66. The molecular formula is C29H27N5O. The SMILES string of the molecule is c1ccc(CN2CCC(Oc3ccc(-n4c(-c5ccccn5)nc5cccnc54)cc3)CC2)cc1. The number of likely N-dealkylation sites (tertiary alicyclic amines) is 1. The Morgan fingerprint density at radius 1 is 0.771 bits per heavy atom. The maximum Gasteiger partial charge on any atom is 0.165 e. The lowest BCUT2D eigenvalue weighted by Gasteiger charge is -2.32. The molecule has 5 aromatic rings. The molecule has 0 bridgehead atoms. The van der Waals surface area contributed by atoms with Crippen molar-refractivity contribution in [1.82, 2.24) is 24.4 Å². The zero-order valence-corrected chi connectivity index (χ0v) is 19.5. The van der Waals surface area contributed by atoms with Crippen LogP contribution in [-0.4, -0.2) is 43.6 Å². The van der Waals surface area contributed by atoms with E-state index in [1.165, 1.54) is 5.56 Å². The molecule has 4 heterocycles. The topological polar surface area (TPSA) is 56.1 Å². The van der Waals surface area contributed by atoms with E-state index in [0.29, 0.717) is 0 Å². The summed E-state index contributed by atoms with van der Waals surface area (Å²) in [6.07, 6.45) is 5.90. The molecule has 0 amide bonds. The Kier molecular flexibility index (Phi) is 5.95. The highest BCUT2D eigenvalue weighted by molar-refractivity contribution is 5.79. The molecule has 0 saturated carbocycles. The van der Waals surface area contributed by atoms with Gasteiger partial charge in [0, 0.05) is 37.7 Å². The van der Waals surface area contributed by atoms with Gasteiger partial charge >= 0.3 is 0 Å². The fourth-order valence-electron chi connectivity index (χ4n) is 4.72. The van der Waals surface area contributed by atoms with E-state index >= 15 is 0 Å². The number of aromatic nitrogens is 4. The van der Waals surface area contributed by atoms with Crippen LogP contribution in [0.5, 0.6) is 5.75 Å². The zero-order valence-electron chi connectivity index (χ0n) is 19.5. The van der Waals surface area contributed by atoms with Gasteiger partial charge in [0.25, 0.3) is 0 Å². The highest BCUT2D eigenvalue weighted by atomic mass is 16.5. The minimum atomic E-state index is 0.243. The third-order valence-corrected chi connectivity index (χ3v) is 6.49. The maximum atomic E-state index is 6.35. The van der Waals surface area contributed by atoms with Crippen molar-refractivity contribution in [2.45, 2.75) is 25.5 Å². The average molecular weight is 462 g/mol. The van der Waals surface area contributed by atoms with Crippen molar-refractivity contribution in [2.75, 3.05) is 13.1 Å². The van der Waals surface area contributed by atoms with Crippen LogP contribution < -0.4 is 4.74 Å². The summed E-state index contributed by atoms with van der Waals surface area (Å²) in [5.41, 5.74) is 4.82. The van der Waals surface area contributed by atoms with Crippen LogP contribution in [0, 0.1) is 0 Å². The number of imidazole rings is 1. The highest BCUT2D eigenvalue weighted by Gasteiger charge is 2.21. The quantitative estimate of drug-likeness (QED) is 0.333. The van der Waals surface area contributed by atoms with Crippen molar-refractivity contribution >= 4 is 11.2 Å². The molecule has 174 valence electrons. The summed E-state index contributed by atoms with van der Waals surface area (Å²) in [6.45, 7) is 3.11. The molecule has 2 aromatic carbocycles. The number of piperidine rings is 1. The zero-order chi connectivity index (χ0) is 23.5. The number of pyridine rings is 2. The van der Waals surface area contributed by atoms with E-state index in [-0.39, 0.29) is 6.10 Å². The lowest BCUT2D eigenvalue weighted by atomic mass is 10.1. The second-order valence-corrected chi connectivity index (χ2v) is 8.90. The maximum absolute atomic E-state index is 6.35. The molecule has 1 aliphatic rings. The van der Waals surface area contributed by atoms with E-state index in [1.807, 2.05) is 42.5 Å². The monoisotopic (exact) mass is 461 g/mol. The van der Waals surface area contributed by atoms with Crippen molar-refractivity contribution in [3.8, 4) is 23.0 Å². The molecule has 6 rings (SSSR count). The molecule has 0 aliphatic carbocycles. The summed E-state index contributed by atoms with van der Waals surface area (Å²) < 4.78 is 8.41. The summed E-state index contributed by atoms with van der Waals surface area (Å²) in [7, 11) is 0. The second-order valence-electron chi connectivity index (χ2n) is 8.90. The third-order valence-electron chi connectivity index (χ3n) is 6.49. The number of fused-ring (bicyclic) bond motifs is 1. The molecule has 0 atom stereocenters. The first-order valence-electron chi connectivity index (χ1n) is 12.1. The average Bonchev–Trinajstić information content (AvgIpc) is 3.31. The molecule has 0 radical (unpaired) electrons. The van der Waals surface area contributed by atoms with Crippen LogP contribution in [-0.2, 0) is 6.54 Å². The summed E-state index contributed by atoms with van der Waals surface area (Å²) >= 11 is 0. The smallest absolute Gasteiger partial charge is 0.165 e. The molecule has 3 aromatic heterocycles. The Balaban J connectivity index is 1.17. The molecule has 1 aliphatic heterocycles. The predicted molar refractivity (Wildman–Crippen MR) is 137 cm³/mol. The van der Waals surface area contributed by atoms with Crippen molar-refractivity contribution in [3.05, 3.63) is 103 Å². The van der Waals surface area contributed by atoms with Crippen molar-refractivity contribution in [3.63, 3.8) is 0 Å². The van der Waals surface area contributed by atoms with Gasteiger partial charge in [-0.15, -0.1) is 0 Å². The van der Waals surface area contributed by atoms with Gasteiger partial charge in [0.15, 0.2) is 11.5 Å². The number of rotatable bonds is 6. The van der Waals surface area contributed by atoms with Gasteiger partial charge < -0.3 is 4.74 Å². The number of hydrogen-bond acceptors (Lipinski definition) is 5. The summed E-state index contributed by atoms with van der Waals surface area (Å²) in [6, 6.07) is 28.7. The van der Waals surface area contributed by atoms with Gasteiger partial charge in [0.1, 0.15) is 23.1 Å². The Morgan fingerprint density at radius 3 is 2.31 bits per heavy atom. The summed E-state index contributed by atoms with van der Waals surface area (Å²) in [5.74, 6) is 1.67. The van der Waals surface area contributed by atoms with E-state index < -0.39 is 0 Å². The van der Waals surface area contributed by atoms with Crippen LogP contribution in [0.3, 0.4) is 0 Å². The Bertz CT molecular complexity index is 1390. The van der Waals surface area contributed by atoms with E-state index in [2.05, 4.69) is 61.9 Å². The predicted octanol–water partition coefficient (Wildman–Crippen LogP) is 5.53.